The molecule has 10 heavy (non-hydrogen) atoms. The third-order valence-electron chi connectivity index (χ3n) is 1.42. The van der Waals surface area contributed by atoms with Crippen molar-refractivity contribution in [3.63, 3.8) is 0 Å². The van der Waals surface area contributed by atoms with Gasteiger partial charge in [-0.3, -0.25) is 0 Å². The molecule has 56 valence electrons. The Morgan fingerprint density at radius 2 is 2.30 bits per heavy atom. The van der Waals surface area contributed by atoms with Crippen molar-refractivity contribution in [2.24, 2.45) is 0 Å². The van der Waals surface area contributed by atoms with Gasteiger partial charge in [0.25, 0.3) is 0 Å². The SMILES string of the molecule is CC1OC1C#CCCCO. The van der Waals surface area contributed by atoms with Crippen LogP contribution in [0.4, 0.5) is 0 Å². The van der Waals surface area contributed by atoms with Crippen molar-refractivity contribution in [1.29, 1.82) is 0 Å². The molecule has 1 fully saturated rings. The summed E-state index contributed by atoms with van der Waals surface area (Å²) in [6.07, 6.45) is 2.07. The molecule has 0 aromatic carbocycles. The van der Waals surface area contributed by atoms with Crippen LogP contribution in [0.5, 0.6) is 0 Å². The second-order valence-corrected chi connectivity index (χ2v) is 2.41. The lowest BCUT2D eigenvalue weighted by Crippen LogP contribution is -1.83. The maximum atomic E-state index is 8.40. The van der Waals surface area contributed by atoms with Crippen LogP contribution in [0.3, 0.4) is 0 Å². The first-order valence-electron chi connectivity index (χ1n) is 3.59. The van der Waals surface area contributed by atoms with E-state index in [1.165, 1.54) is 0 Å². The molecule has 1 aliphatic heterocycles. The minimum atomic E-state index is 0.179. The topological polar surface area (TPSA) is 32.8 Å². The fourth-order valence-corrected chi connectivity index (χ4v) is 0.677. The average Bonchev–Trinajstić information content (AvgIpc) is 2.60. The smallest absolute Gasteiger partial charge is 0.144 e. The van der Waals surface area contributed by atoms with Gasteiger partial charge in [0, 0.05) is 13.0 Å². The maximum Gasteiger partial charge on any atom is 0.144 e. The van der Waals surface area contributed by atoms with Crippen molar-refractivity contribution in [2.45, 2.75) is 32.0 Å². The number of ether oxygens (including phenoxy) is 1. The molecular weight excluding hydrogens is 128 g/mol. The zero-order valence-corrected chi connectivity index (χ0v) is 6.13. The van der Waals surface area contributed by atoms with E-state index in [4.69, 9.17) is 9.84 Å². The summed E-state index contributed by atoms with van der Waals surface area (Å²) in [5.41, 5.74) is 0. The van der Waals surface area contributed by atoms with Crippen molar-refractivity contribution in [2.75, 3.05) is 6.61 Å². The van der Waals surface area contributed by atoms with Gasteiger partial charge in [0.15, 0.2) is 0 Å². The molecule has 0 radical (unpaired) electrons. The van der Waals surface area contributed by atoms with E-state index in [2.05, 4.69) is 11.8 Å². The van der Waals surface area contributed by atoms with Crippen LogP contribution in [0.2, 0.25) is 0 Å². The molecule has 0 bridgehead atoms. The lowest BCUT2D eigenvalue weighted by molar-refractivity contribution is 0.290. The largest absolute Gasteiger partial charge is 0.396 e. The Balaban J connectivity index is 2.03. The summed E-state index contributed by atoms with van der Waals surface area (Å²) in [4.78, 5) is 0. The van der Waals surface area contributed by atoms with Crippen LogP contribution >= 0.6 is 0 Å². The minimum absolute atomic E-state index is 0.179. The highest BCUT2D eigenvalue weighted by Crippen LogP contribution is 2.19. The number of hydrogen-bond donors (Lipinski definition) is 1. The number of hydrogen-bond acceptors (Lipinski definition) is 2. The molecule has 1 rings (SSSR count). The van der Waals surface area contributed by atoms with Crippen molar-refractivity contribution < 1.29 is 9.84 Å². The zero-order valence-electron chi connectivity index (χ0n) is 6.13. The third kappa shape index (κ3) is 2.38. The van der Waals surface area contributed by atoms with E-state index >= 15 is 0 Å². The molecule has 1 N–H and O–H groups in total. The van der Waals surface area contributed by atoms with Crippen LogP contribution in [-0.4, -0.2) is 23.9 Å². The molecule has 0 spiro atoms. The van der Waals surface area contributed by atoms with E-state index in [9.17, 15) is 0 Å². The summed E-state index contributed by atoms with van der Waals surface area (Å²) in [7, 11) is 0. The predicted octanol–water partition coefficient (Wildman–Crippen LogP) is 0.550. The van der Waals surface area contributed by atoms with E-state index in [0.29, 0.717) is 6.10 Å². The predicted molar refractivity (Wildman–Crippen MR) is 38.4 cm³/mol. The average molecular weight is 140 g/mol. The van der Waals surface area contributed by atoms with Gasteiger partial charge < -0.3 is 9.84 Å². The van der Waals surface area contributed by atoms with Gasteiger partial charge in [-0.1, -0.05) is 5.92 Å². The summed E-state index contributed by atoms with van der Waals surface area (Å²) in [5.74, 6) is 5.90. The Hall–Kier alpha value is -0.520. The zero-order chi connectivity index (χ0) is 7.40. The first-order chi connectivity index (χ1) is 4.84. The maximum absolute atomic E-state index is 8.40. The molecule has 0 amide bonds. The van der Waals surface area contributed by atoms with Crippen LogP contribution < -0.4 is 0 Å². The molecule has 0 aliphatic carbocycles. The number of epoxide rings is 1. The summed E-state index contributed by atoms with van der Waals surface area (Å²) < 4.78 is 5.06. The van der Waals surface area contributed by atoms with E-state index in [1.54, 1.807) is 0 Å². The van der Waals surface area contributed by atoms with Gasteiger partial charge in [-0.2, -0.15) is 0 Å². The molecule has 0 saturated carbocycles. The fourth-order valence-electron chi connectivity index (χ4n) is 0.677. The van der Waals surface area contributed by atoms with Crippen molar-refractivity contribution in [3.05, 3.63) is 0 Å². The van der Waals surface area contributed by atoms with E-state index in [1.807, 2.05) is 6.92 Å². The van der Waals surface area contributed by atoms with E-state index in [0.717, 1.165) is 12.8 Å². The Labute approximate surface area is 61.2 Å². The second-order valence-electron chi connectivity index (χ2n) is 2.41. The van der Waals surface area contributed by atoms with Gasteiger partial charge in [-0.25, -0.2) is 0 Å². The van der Waals surface area contributed by atoms with Gasteiger partial charge in [0.05, 0.1) is 6.10 Å². The normalized spacial score (nSPS) is 29.0. The lowest BCUT2D eigenvalue weighted by Gasteiger charge is -1.81. The van der Waals surface area contributed by atoms with Crippen LogP contribution in [0, 0.1) is 11.8 Å². The molecule has 2 atom stereocenters. The van der Waals surface area contributed by atoms with Crippen molar-refractivity contribution in [3.8, 4) is 11.8 Å². The van der Waals surface area contributed by atoms with Gasteiger partial charge in [0.1, 0.15) is 6.10 Å². The van der Waals surface area contributed by atoms with Crippen molar-refractivity contribution in [1.82, 2.24) is 0 Å². The Bertz CT molecular complexity index is 154. The summed E-state index contributed by atoms with van der Waals surface area (Å²) in [6, 6.07) is 0. The molecule has 2 unspecified atom stereocenters. The molecule has 0 aromatic rings. The van der Waals surface area contributed by atoms with Crippen LogP contribution in [0.1, 0.15) is 19.8 Å². The van der Waals surface area contributed by atoms with Crippen LogP contribution in [0.25, 0.3) is 0 Å². The summed E-state index contributed by atoms with van der Waals surface area (Å²) in [5, 5.41) is 8.40. The number of rotatable bonds is 2. The highest BCUT2D eigenvalue weighted by Gasteiger charge is 2.31. The summed E-state index contributed by atoms with van der Waals surface area (Å²) in [6.45, 7) is 2.24. The monoisotopic (exact) mass is 140 g/mol. The van der Waals surface area contributed by atoms with Gasteiger partial charge in [0.2, 0.25) is 0 Å². The van der Waals surface area contributed by atoms with Gasteiger partial charge >= 0.3 is 0 Å². The number of aliphatic hydroxyl groups is 1. The van der Waals surface area contributed by atoms with E-state index in [-0.39, 0.29) is 12.7 Å². The second kappa shape index (κ2) is 3.60. The van der Waals surface area contributed by atoms with Crippen molar-refractivity contribution >= 4 is 0 Å². The standard InChI is InChI=1S/C8H12O2/c1-7-8(10-7)5-3-2-4-6-9/h7-9H,2,4,6H2,1H3. The van der Waals surface area contributed by atoms with E-state index < -0.39 is 0 Å². The van der Waals surface area contributed by atoms with Crippen LogP contribution in [-0.2, 0) is 4.74 Å². The molecule has 0 aromatic heterocycles. The molecule has 2 heteroatoms. The molecule has 1 saturated heterocycles. The first-order valence-corrected chi connectivity index (χ1v) is 3.59. The van der Waals surface area contributed by atoms with Gasteiger partial charge in [-0.15, -0.1) is 5.92 Å². The molecule has 1 aliphatic rings. The molecule has 2 nitrogen and oxygen atoms in total. The Morgan fingerprint density at radius 3 is 2.80 bits per heavy atom. The van der Waals surface area contributed by atoms with Crippen LogP contribution in [0.15, 0.2) is 0 Å². The minimum Gasteiger partial charge on any atom is -0.396 e. The lowest BCUT2D eigenvalue weighted by atomic mass is 10.3. The Kier molecular flexibility index (Phi) is 2.73. The number of unbranched alkanes of at least 4 members (excludes halogenated alkanes) is 1. The summed E-state index contributed by atoms with van der Waals surface area (Å²) >= 11 is 0. The fraction of sp³-hybridized carbons (Fsp3) is 0.750. The quantitative estimate of drug-likeness (QED) is 0.345. The highest BCUT2D eigenvalue weighted by molar-refractivity contribution is 5.12. The highest BCUT2D eigenvalue weighted by atomic mass is 16.6. The Morgan fingerprint density at radius 1 is 1.60 bits per heavy atom. The third-order valence-corrected chi connectivity index (χ3v) is 1.42. The molecular formula is C8H12O2. The van der Waals surface area contributed by atoms with Gasteiger partial charge in [-0.05, 0) is 13.3 Å². The first kappa shape index (κ1) is 7.59. The molecule has 1 heterocycles. The number of aliphatic hydroxyl groups excluding tert-OH is 1.